The molecule has 2 aromatic rings. The average molecular weight is 313 g/mol. The molecule has 0 aliphatic rings. The molecule has 9 heteroatoms. The SMILES string of the molecule is CCN(c1ccncc1)S(=O)(=O)c1scnc1C(=O)O. The normalized spacial score (nSPS) is 11.2. The zero-order chi connectivity index (χ0) is 14.8. The summed E-state index contributed by atoms with van der Waals surface area (Å²) in [5.41, 5.74) is 1.17. The number of carbonyl (C=O) groups is 1. The predicted molar refractivity (Wildman–Crippen MR) is 73.5 cm³/mol. The van der Waals surface area contributed by atoms with Crippen molar-refractivity contribution >= 4 is 33.0 Å². The smallest absolute Gasteiger partial charge is 0.356 e. The quantitative estimate of drug-likeness (QED) is 0.896. The maximum Gasteiger partial charge on any atom is 0.356 e. The van der Waals surface area contributed by atoms with Crippen LogP contribution < -0.4 is 4.31 Å². The van der Waals surface area contributed by atoms with Gasteiger partial charge in [-0.3, -0.25) is 9.29 Å². The molecule has 0 spiro atoms. The number of carboxylic acids is 1. The lowest BCUT2D eigenvalue weighted by Crippen LogP contribution is -2.31. The van der Waals surface area contributed by atoms with Crippen LogP contribution in [0.1, 0.15) is 17.4 Å². The Kier molecular flexibility index (Phi) is 4.00. The fraction of sp³-hybridized carbons (Fsp3) is 0.182. The third-order valence-electron chi connectivity index (χ3n) is 2.50. The summed E-state index contributed by atoms with van der Waals surface area (Å²) in [6.07, 6.45) is 2.94. The standard InChI is InChI=1S/C11H11N3O4S2/c1-2-14(8-3-5-12-6-4-8)20(17,18)11-9(10(15)16)13-7-19-11/h3-7H,2H2,1H3,(H,15,16). The van der Waals surface area contributed by atoms with Crippen molar-refractivity contribution in [3.63, 3.8) is 0 Å². The van der Waals surface area contributed by atoms with E-state index in [-0.39, 0.29) is 10.8 Å². The van der Waals surface area contributed by atoms with Gasteiger partial charge < -0.3 is 5.11 Å². The van der Waals surface area contributed by atoms with Crippen molar-refractivity contribution in [2.24, 2.45) is 0 Å². The summed E-state index contributed by atoms with van der Waals surface area (Å²) in [6, 6.07) is 3.09. The van der Waals surface area contributed by atoms with Gasteiger partial charge in [-0.2, -0.15) is 0 Å². The molecule has 2 heterocycles. The third-order valence-corrected chi connectivity index (χ3v) is 5.75. The van der Waals surface area contributed by atoms with E-state index in [1.165, 1.54) is 17.9 Å². The highest BCUT2D eigenvalue weighted by Crippen LogP contribution is 2.27. The second-order valence-corrected chi connectivity index (χ2v) is 6.58. The van der Waals surface area contributed by atoms with E-state index in [1.54, 1.807) is 19.1 Å². The fourth-order valence-corrected chi connectivity index (χ4v) is 4.38. The van der Waals surface area contributed by atoms with Gasteiger partial charge in [-0.1, -0.05) is 0 Å². The van der Waals surface area contributed by atoms with Crippen LogP contribution in [0.5, 0.6) is 0 Å². The Bertz CT molecular complexity index is 712. The summed E-state index contributed by atoms with van der Waals surface area (Å²) < 4.78 is 26.0. The van der Waals surface area contributed by atoms with Crippen LogP contribution in [0.4, 0.5) is 5.69 Å². The van der Waals surface area contributed by atoms with Crippen molar-refractivity contribution in [1.29, 1.82) is 0 Å². The van der Waals surface area contributed by atoms with Gasteiger partial charge >= 0.3 is 5.97 Å². The molecule has 0 radical (unpaired) electrons. The predicted octanol–water partition coefficient (Wildman–Crippen LogP) is 1.45. The number of rotatable bonds is 5. The first-order chi connectivity index (χ1) is 9.48. The molecule has 0 bridgehead atoms. The Hall–Kier alpha value is -2.00. The van der Waals surface area contributed by atoms with Gasteiger partial charge in [0.05, 0.1) is 11.2 Å². The maximum absolute atomic E-state index is 12.6. The van der Waals surface area contributed by atoms with E-state index in [1.807, 2.05) is 0 Å². The minimum atomic E-state index is -3.96. The molecule has 0 atom stereocenters. The Morgan fingerprint density at radius 2 is 2.05 bits per heavy atom. The number of anilines is 1. The summed E-state index contributed by atoms with van der Waals surface area (Å²) in [7, 11) is -3.96. The summed E-state index contributed by atoms with van der Waals surface area (Å²) in [5.74, 6) is -1.37. The van der Waals surface area contributed by atoms with Crippen LogP contribution >= 0.6 is 11.3 Å². The molecule has 0 saturated carbocycles. The zero-order valence-corrected chi connectivity index (χ0v) is 12.1. The number of sulfonamides is 1. The maximum atomic E-state index is 12.6. The van der Waals surface area contributed by atoms with Crippen LogP contribution in [0.3, 0.4) is 0 Å². The monoisotopic (exact) mass is 313 g/mol. The lowest BCUT2D eigenvalue weighted by atomic mass is 10.4. The van der Waals surface area contributed by atoms with E-state index in [0.29, 0.717) is 5.69 Å². The molecule has 7 nitrogen and oxygen atoms in total. The van der Waals surface area contributed by atoms with E-state index >= 15 is 0 Å². The number of carboxylic acid groups (broad SMARTS) is 1. The minimum Gasteiger partial charge on any atom is -0.476 e. The number of aromatic nitrogens is 2. The van der Waals surface area contributed by atoms with Crippen LogP contribution in [-0.4, -0.2) is 36.0 Å². The van der Waals surface area contributed by atoms with E-state index in [0.717, 1.165) is 15.6 Å². The molecule has 0 amide bonds. The first kappa shape index (κ1) is 14.4. The van der Waals surface area contributed by atoms with Crippen LogP contribution in [0, 0.1) is 0 Å². The molecule has 0 aliphatic heterocycles. The van der Waals surface area contributed by atoms with Crippen LogP contribution in [-0.2, 0) is 10.0 Å². The number of aromatic carboxylic acids is 1. The van der Waals surface area contributed by atoms with Crippen molar-refractivity contribution in [3.8, 4) is 0 Å². The van der Waals surface area contributed by atoms with Gasteiger partial charge in [0.25, 0.3) is 10.0 Å². The number of nitrogens with zero attached hydrogens (tertiary/aromatic N) is 3. The molecule has 2 rings (SSSR count). The summed E-state index contributed by atoms with van der Waals surface area (Å²) in [4.78, 5) is 18.4. The van der Waals surface area contributed by atoms with Gasteiger partial charge in [0, 0.05) is 18.9 Å². The number of hydrogen-bond donors (Lipinski definition) is 1. The topological polar surface area (TPSA) is 100 Å². The third kappa shape index (κ3) is 2.49. The summed E-state index contributed by atoms with van der Waals surface area (Å²) in [6.45, 7) is 1.84. The van der Waals surface area contributed by atoms with Crippen LogP contribution in [0.25, 0.3) is 0 Å². The van der Waals surface area contributed by atoms with Gasteiger partial charge in [-0.15, -0.1) is 11.3 Å². The highest BCUT2D eigenvalue weighted by atomic mass is 32.2. The summed E-state index contributed by atoms with van der Waals surface area (Å²) in [5, 5.41) is 8.99. The first-order valence-electron chi connectivity index (χ1n) is 5.58. The molecule has 20 heavy (non-hydrogen) atoms. The summed E-state index contributed by atoms with van der Waals surface area (Å²) >= 11 is 0.786. The molecule has 0 unspecified atom stereocenters. The molecule has 1 N–H and O–H groups in total. The Morgan fingerprint density at radius 3 is 2.60 bits per heavy atom. The largest absolute Gasteiger partial charge is 0.476 e. The van der Waals surface area contributed by atoms with E-state index in [9.17, 15) is 13.2 Å². The lowest BCUT2D eigenvalue weighted by molar-refractivity contribution is 0.0687. The van der Waals surface area contributed by atoms with Crippen molar-refractivity contribution in [3.05, 3.63) is 35.7 Å². The van der Waals surface area contributed by atoms with Crippen molar-refractivity contribution in [2.75, 3.05) is 10.8 Å². The highest BCUT2D eigenvalue weighted by Gasteiger charge is 2.31. The number of pyridine rings is 1. The molecule has 0 fully saturated rings. The number of thiazole rings is 1. The van der Waals surface area contributed by atoms with Crippen molar-refractivity contribution in [1.82, 2.24) is 9.97 Å². The van der Waals surface area contributed by atoms with Gasteiger partial charge in [-0.25, -0.2) is 18.2 Å². The van der Waals surface area contributed by atoms with E-state index < -0.39 is 21.7 Å². The second-order valence-electron chi connectivity index (χ2n) is 3.67. The first-order valence-corrected chi connectivity index (χ1v) is 7.90. The average Bonchev–Trinajstić information content (AvgIpc) is 2.90. The minimum absolute atomic E-state index is 0.170. The Morgan fingerprint density at radius 1 is 1.40 bits per heavy atom. The molecule has 0 saturated heterocycles. The number of hydrogen-bond acceptors (Lipinski definition) is 6. The van der Waals surface area contributed by atoms with Gasteiger partial charge in [0.2, 0.25) is 0 Å². The molecule has 106 valence electrons. The van der Waals surface area contributed by atoms with Gasteiger partial charge in [0.15, 0.2) is 9.90 Å². The van der Waals surface area contributed by atoms with Gasteiger partial charge in [0.1, 0.15) is 0 Å². The molecular weight excluding hydrogens is 302 g/mol. The second kappa shape index (κ2) is 5.55. The van der Waals surface area contributed by atoms with Gasteiger partial charge in [-0.05, 0) is 19.1 Å². The van der Waals surface area contributed by atoms with Crippen LogP contribution in [0.15, 0.2) is 34.2 Å². The molecule has 2 aromatic heterocycles. The Labute approximate surface area is 119 Å². The molecular formula is C11H11N3O4S2. The van der Waals surface area contributed by atoms with E-state index in [4.69, 9.17) is 5.11 Å². The van der Waals surface area contributed by atoms with E-state index in [2.05, 4.69) is 9.97 Å². The lowest BCUT2D eigenvalue weighted by Gasteiger charge is -2.21. The fourth-order valence-electron chi connectivity index (χ4n) is 1.66. The molecule has 0 aromatic carbocycles. The Balaban J connectivity index is 2.53. The zero-order valence-electron chi connectivity index (χ0n) is 10.4. The highest BCUT2D eigenvalue weighted by molar-refractivity contribution is 7.94. The van der Waals surface area contributed by atoms with Crippen molar-refractivity contribution in [2.45, 2.75) is 11.1 Å². The van der Waals surface area contributed by atoms with Crippen LogP contribution in [0.2, 0.25) is 0 Å². The van der Waals surface area contributed by atoms with Crippen molar-refractivity contribution < 1.29 is 18.3 Å². The molecule has 0 aliphatic carbocycles.